The highest BCUT2D eigenvalue weighted by Gasteiger charge is 2.50. The van der Waals surface area contributed by atoms with Crippen molar-refractivity contribution in [2.24, 2.45) is 5.73 Å². The van der Waals surface area contributed by atoms with Gasteiger partial charge in [0.1, 0.15) is 0 Å². The average molecular weight is 221 g/mol. The maximum Gasteiger partial charge on any atom is 0.228 e. The summed E-state index contributed by atoms with van der Waals surface area (Å²) in [5, 5.41) is 0. The smallest absolute Gasteiger partial charge is 0.228 e. The van der Waals surface area contributed by atoms with Gasteiger partial charge in [-0.3, -0.25) is 4.79 Å². The predicted molar refractivity (Wildman–Crippen MR) is 59.7 cm³/mol. The molecule has 0 aromatic heterocycles. The number of hydrogen-bond acceptors (Lipinski definition) is 3. The van der Waals surface area contributed by atoms with E-state index in [1.54, 1.807) is 20.3 Å². The van der Waals surface area contributed by atoms with Crippen molar-refractivity contribution in [2.75, 3.05) is 14.2 Å². The van der Waals surface area contributed by atoms with Gasteiger partial charge in [0.25, 0.3) is 0 Å². The molecule has 0 heterocycles. The molecular weight excluding hydrogens is 206 g/mol. The largest absolute Gasteiger partial charge is 0.493 e. The second-order valence-corrected chi connectivity index (χ2v) is 4.02. The number of hydrogen-bond donors (Lipinski definition) is 1. The van der Waals surface area contributed by atoms with Gasteiger partial charge in [-0.25, -0.2) is 0 Å². The zero-order valence-corrected chi connectivity index (χ0v) is 9.45. The standard InChI is InChI=1S/C12H15NO3/c1-15-9-4-3-8(7-10(9)16-2)12(5-6-12)11(13)14/h3-4,7H,5-6H2,1-2H3,(H2,13,14). The molecular formula is C12H15NO3. The second-order valence-electron chi connectivity index (χ2n) is 4.02. The van der Waals surface area contributed by atoms with Crippen molar-refractivity contribution in [3.63, 3.8) is 0 Å². The summed E-state index contributed by atoms with van der Waals surface area (Å²) in [6.45, 7) is 0. The quantitative estimate of drug-likeness (QED) is 0.831. The van der Waals surface area contributed by atoms with E-state index in [0.717, 1.165) is 18.4 Å². The Morgan fingerprint density at radius 3 is 2.31 bits per heavy atom. The Morgan fingerprint density at radius 2 is 1.88 bits per heavy atom. The van der Waals surface area contributed by atoms with Crippen LogP contribution in [-0.2, 0) is 10.2 Å². The van der Waals surface area contributed by atoms with Crippen LogP contribution in [0.3, 0.4) is 0 Å². The van der Waals surface area contributed by atoms with Gasteiger partial charge in [-0.1, -0.05) is 6.07 Å². The number of amides is 1. The second kappa shape index (κ2) is 3.70. The van der Waals surface area contributed by atoms with Crippen LogP contribution in [0.2, 0.25) is 0 Å². The van der Waals surface area contributed by atoms with E-state index in [2.05, 4.69) is 0 Å². The van der Waals surface area contributed by atoms with E-state index in [-0.39, 0.29) is 5.91 Å². The molecule has 1 aliphatic carbocycles. The van der Waals surface area contributed by atoms with Crippen LogP contribution >= 0.6 is 0 Å². The van der Waals surface area contributed by atoms with Crippen LogP contribution in [0, 0.1) is 0 Å². The Kier molecular flexibility index (Phi) is 2.50. The summed E-state index contributed by atoms with van der Waals surface area (Å²) in [4.78, 5) is 11.4. The van der Waals surface area contributed by atoms with Gasteiger partial charge in [-0.15, -0.1) is 0 Å². The summed E-state index contributed by atoms with van der Waals surface area (Å²) in [7, 11) is 3.16. The number of ether oxygens (including phenoxy) is 2. The molecule has 4 heteroatoms. The SMILES string of the molecule is COc1ccc(C2(C(N)=O)CC2)cc1OC. The van der Waals surface area contributed by atoms with Crippen LogP contribution in [0.25, 0.3) is 0 Å². The molecule has 0 bridgehead atoms. The number of carbonyl (C=O) groups excluding carboxylic acids is 1. The topological polar surface area (TPSA) is 61.5 Å². The van der Waals surface area contributed by atoms with E-state index in [0.29, 0.717) is 11.5 Å². The van der Waals surface area contributed by atoms with E-state index < -0.39 is 5.41 Å². The minimum atomic E-state index is -0.473. The van der Waals surface area contributed by atoms with Crippen molar-refractivity contribution in [3.05, 3.63) is 23.8 Å². The Labute approximate surface area is 94.3 Å². The Bertz CT molecular complexity index is 424. The van der Waals surface area contributed by atoms with Gasteiger partial charge in [0, 0.05) is 0 Å². The van der Waals surface area contributed by atoms with E-state index >= 15 is 0 Å². The normalized spacial score (nSPS) is 16.6. The van der Waals surface area contributed by atoms with Crippen molar-refractivity contribution in [3.8, 4) is 11.5 Å². The molecule has 1 aromatic rings. The molecule has 1 saturated carbocycles. The lowest BCUT2D eigenvalue weighted by Crippen LogP contribution is -2.28. The monoisotopic (exact) mass is 221 g/mol. The van der Waals surface area contributed by atoms with Crippen LogP contribution in [0.1, 0.15) is 18.4 Å². The third-order valence-electron chi connectivity index (χ3n) is 3.16. The molecule has 0 radical (unpaired) electrons. The maximum absolute atomic E-state index is 11.4. The first kappa shape index (κ1) is 10.8. The highest BCUT2D eigenvalue weighted by molar-refractivity contribution is 5.90. The highest BCUT2D eigenvalue weighted by Crippen LogP contribution is 2.49. The number of primary amides is 1. The number of benzene rings is 1. The van der Waals surface area contributed by atoms with Crippen molar-refractivity contribution >= 4 is 5.91 Å². The zero-order chi connectivity index (χ0) is 11.8. The van der Waals surface area contributed by atoms with Crippen LogP contribution < -0.4 is 15.2 Å². The molecule has 1 aliphatic rings. The van der Waals surface area contributed by atoms with E-state index in [4.69, 9.17) is 15.2 Å². The fourth-order valence-electron chi connectivity index (χ4n) is 1.94. The maximum atomic E-state index is 11.4. The molecule has 86 valence electrons. The molecule has 2 N–H and O–H groups in total. The minimum Gasteiger partial charge on any atom is -0.493 e. The summed E-state index contributed by atoms with van der Waals surface area (Å²) in [6, 6.07) is 5.51. The van der Waals surface area contributed by atoms with E-state index in [1.165, 1.54) is 0 Å². The van der Waals surface area contributed by atoms with Crippen LogP contribution in [0.5, 0.6) is 11.5 Å². The van der Waals surface area contributed by atoms with Gasteiger partial charge >= 0.3 is 0 Å². The summed E-state index contributed by atoms with van der Waals surface area (Å²) in [5.74, 6) is 1.03. The van der Waals surface area contributed by atoms with Gasteiger partial charge in [0.05, 0.1) is 19.6 Å². The predicted octanol–water partition coefficient (Wildman–Crippen LogP) is 1.22. The lowest BCUT2D eigenvalue weighted by Gasteiger charge is -2.14. The van der Waals surface area contributed by atoms with Gasteiger partial charge in [0.15, 0.2) is 11.5 Å². The zero-order valence-electron chi connectivity index (χ0n) is 9.45. The molecule has 0 unspecified atom stereocenters. The van der Waals surface area contributed by atoms with Crippen LogP contribution in [0.15, 0.2) is 18.2 Å². The fraction of sp³-hybridized carbons (Fsp3) is 0.417. The molecule has 0 aliphatic heterocycles. The molecule has 0 spiro atoms. The third kappa shape index (κ3) is 1.50. The van der Waals surface area contributed by atoms with Gasteiger partial charge < -0.3 is 15.2 Å². The van der Waals surface area contributed by atoms with Crippen molar-refractivity contribution in [1.82, 2.24) is 0 Å². The molecule has 1 fully saturated rings. The lowest BCUT2D eigenvalue weighted by atomic mass is 9.95. The molecule has 1 amide bonds. The number of methoxy groups -OCH3 is 2. The summed E-state index contributed by atoms with van der Waals surface area (Å²) >= 11 is 0. The molecule has 2 rings (SSSR count). The summed E-state index contributed by atoms with van der Waals surface area (Å²) in [6.07, 6.45) is 1.63. The van der Waals surface area contributed by atoms with Crippen LogP contribution in [-0.4, -0.2) is 20.1 Å². The van der Waals surface area contributed by atoms with Gasteiger partial charge in [-0.2, -0.15) is 0 Å². The Hall–Kier alpha value is -1.71. The average Bonchev–Trinajstić information content (AvgIpc) is 3.09. The first-order chi connectivity index (χ1) is 7.64. The number of rotatable bonds is 4. The molecule has 0 atom stereocenters. The number of nitrogens with two attached hydrogens (primary N) is 1. The minimum absolute atomic E-state index is 0.264. The first-order valence-corrected chi connectivity index (χ1v) is 5.16. The third-order valence-corrected chi connectivity index (χ3v) is 3.16. The fourth-order valence-corrected chi connectivity index (χ4v) is 1.94. The van der Waals surface area contributed by atoms with E-state index in [1.807, 2.05) is 12.1 Å². The molecule has 16 heavy (non-hydrogen) atoms. The summed E-state index contributed by atoms with van der Waals surface area (Å²) in [5.41, 5.74) is 5.86. The Morgan fingerprint density at radius 1 is 1.25 bits per heavy atom. The van der Waals surface area contributed by atoms with Crippen molar-refractivity contribution in [2.45, 2.75) is 18.3 Å². The Balaban J connectivity index is 2.40. The molecule has 4 nitrogen and oxygen atoms in total. The highest BCUT2D eigenvalue weighted by atomic mass is 16.5. The number of carbonyl (C=O) groups is 1. The van der Waals surface area contributed by atoms with E-state index in [9.17, 15) is 4.79 Å². The molecule has 1 aromatic carbocycles. The molecule has 0 saturated heterocycles. The van der Waals surface area contributed by atoms with Gasteiger partial charge in [0.2, 0.25) is 5.91 Å². The first-order valence-electron chi connectivity index (χ1n) is 5.16. The van der Waals surface area contributed by atoms with Crippen molar-refractivity contribution in [1.29, 1.82) is 0 Å². The summed E-state index contributed by atoms with van der Waals surface area (Å²) < 4.78 is 10.3. The van der Waals surface area contributed by atoms with Gasteiger partial charge in [-0.05, 0) is 30.5 Å². The van der Waals surface area contributed by atoms with Crippen LogP contribution in [0.4, 0.5) is 0 Å². The van der Waals surface area contributed by atoms with Crippen molar-refractivity contribution < 1.29 is 14.3 Å². The lowest BCUT2D eigenvalue weighted by molar-refractivity contribution is -0.120.